The number of H-pyrrole nitrogens is 1. The third kappa shape index (κ3) is 2.42. The number of hydrogen-bond acceptors (Lipinski definition) is 3. The Kier molecular flexibility index (Phi) is 3.51. The van der Waals surface area contributed by atoms with Crippen LogP contribution in [0.25, 0.3) is 11.0 Å². The zero-order valence-electron chi connectivity index (χ0n) is 13.1. The SMILES string of the molecule is N#Cc1ccc(C(=O)N2CCCC2c2nc3ccccc3[nH]2)cc1. The molecule has 0 aliphatic carbocycles. The Labute approximate surface area is 139 Å². The second-order valence-corrected chi connectivity index (χ2v) is 5.98. The highest BCUT2D eigenvalue weighted by atomic mass is 16.2. The Morgan fingerprint density at radius 3 is 2.75 bits per heavy atom. The quantitative estimate of drug-likeness (QED) is 0.787. The minimum atomic E-state index is -0.0273. The van der Waals surface area contributed by atoms with Crippen LogP contribution in [0.2, 0.25) is 0 Å². The molecule has 1 aromatic heterocycles. The molecule has 1 atom stereocenters. The summed E-state index contributed by atoms with van der Waals surface area (Å²) in [5.41, 5.74) is 3.08. The molecule has 5 nitrogen and oxygen atoms in total. The Morgan fingerprint density at radius 2 is 2.00 bits per heavy atom. The normalized spacial score (nSPS) is 17.1. The van der Waals surface area contributed by atoms with Gasteiger partial charge in [-0.05, 0) is 49.2 Å². The molecule has 0 radical (unpaired) electrons. The number of aromatic nitrogens is 2. The van der Waals surface area contributed by atoms with Gasteiger partial charge in [0.05, 0.1) is 28.7 Å². The minimum Gasteiger partial charge on any atom is -0.340 e. The number of para-hydroxylation sites is 2. The summed E-state index contributed by atoms with van der Waals surface area (Å²) >= 11 is 0. The largest absolute Gasteiger partial charge is 0.340 e. The van der Waals surface area contributed by atoms with E-state index in [1.165, 1.54) is 0 Å². The number of nitrogens with zero attached hydrogens (tertiary/aromatic N) is 3. The molecule has 4 rings (SSSR count). The maximum Gasteiger partial charge on any atom is 0.254 e. The van der Waals surface area contributed by atoms with E-state index in [0.717, 1.165) is 36.2 Å². The predicted molar refractivity (Wildman–Crippen MR) is 90.3 cm³/mol. The first-order valence-corrected chi connectivity index (χ1v) is 8.02. The fourth-order valence-electron chi connectivity index (χ4n) is 3.28. The zero-order valence-corrected chi connectivity index (χ0v) is 13.1. The molecule has 118 valence electrons. The Morgan fingerprint density at radius 1 is 1.21 bits per heavy atom. The number of amides is 1. The van der Waals surface area contributed by atoms with E-state index < -0.39 is 0 Å². The van der Waals surface area contributed by atoms with Gasteiger partial charge in [0.25, 0.3) is 5.91 Å². The van der Waals surface area contributed by atoms with Crippen molar-refractivity contribution in [1.29, 1.82) is 5.26 Å². The lowest BCUT2D eigenvalue weighted by molar-refractivity contribution is 0.0730. The van der Waals surface area contributed by atoms with Crippen molar-refractivity contribution < 1.29 is 4.79 Å². The van der Waals surface area contributed by atoms with E-state index in [4.69, 9.17) is 5.26 Å². The highest BCUT2D eigenvalue weighted by molar-refractivity contribution is 5.94. The molecular formula is C19H16N4O. The van der Waals surface area contributed by atoms with Crippen LogP contribution in [0.15, 0.2) is 48.5 Å². The Hall–Kier alpha value is -3.13. The second-order valence-electron chi connectivity index (χ2n) is 5.98. The average molecular weight is 316 g/mol. The summed E-state index contributed by atoms with van der Waals surface area (Å²) in [7, 11) is 0. The molecule has 1 saturated heterocycles. The van der Waals surface area contributed by atoms with E-state index in [1.54, 1.807) is 24.3 Å². The van der Waals surface area contributed by atoms with Crippen molar-refractivity contribution in [3.63, 3.8) is 0 Å². The van der Waals surface area contributed by atoms with Crippen LogP contribution in [0.3, 0.4) is 0 Å². The number of carbonyl (C=O) groups excluding carboxylic acids is 1. The third-order valence-electron chi connectivity index (χ3n) is 4.50. The second kappa shape index (κ2) is 5.82. The smallest absolute Gasteiger partial charge is 0.254 e. The van der Waals surface area contributed by atoms with Crippen molar-refractivity contribution in [2.24, 2.45) is 0 Å². The molecule has 1 aliphatic heterocycles. The van der Waals surface area contributed by atoms with Gasteiger partial charge in [0.1, 0.15) is 5.82 Å². The van der Waals surface area contributed by atoms with E-state index in [9.17, 15) is 4.79 Å². The maximum atomic E-state index is 12.8. The van der Waals surface area contributed by atoms with Crippen LogP contribution in [0.5, 0.6) is 0 Å². The predicted octanol–water partition coefficient (Wildman–Crippen LogP) is 3.41. The molecule has 2 heterocycles. The summed E-state index contributed by atoms with van der Waals surface area (Å²) in [6.07, 6.45) is 1.87. The lowest BCUT2D eigenvalue weighted by Gasteiger charge is -2.23. The molecule has 0 spiro atoms. The molecular weight excluding hydrogens is 300 g/mol. The van der Waals surface area contributed by atoms with Crippen LogP contribution < -0.4 is 0 Å². The Bertz CT molecular complexity index is 903. The first-order valence-electron chi connectivity index (χ1n) is 8.02. The first kappa shape index (κ1) is 14.5. The number of hydrogen-bond donors (Lipinski definition) is 1. The van der Waals surface area contributed by atoms with Crippen molar-refractivity contribution >= 4 is 16.9 Å². The third-order valence-corrected chi connectivity index (χ3v) is 4.50. The molecule has 24 heavy (non-hydrogen) atoms. The van der Waals surface area contributed by atoms with Crippen LogP contribution in [-0.4, -0.2) is 27.3 Å². The number of nitrogens with one attached hydrogen (secondary N) is 1. The van der Waals surface area contributed by atoms with Gasteiger partial charge in [-0.2, -0.15) is 5.26 Å². The van der Waals surface area contributed by atoms with Crippen molar-refractivity contribution in [2.45, 2.75) is 18.9 Å². The lowest BCUT2D eigenvalue weighted by Crippen LogP contribution is -2.31. The molecule has 1 fully saturated rings. The van der Waals surface area contributed by atoms with Crippen molar-refractivity contribution in [3.8, 4) is 6.07 Å². The number of imidazole rings is 1. The standard InChI is InChI=1S/C19H16N4O/c20-12-13-7-9-14(10-8-13)19(24)23-11-3-6-17(23)18-21-15-4-1-2-5-16(15)22-18/h1-2,4-5,7-10,17H,3,6,11H2,(H,21,22). The summed E-state index contributed by atoms with van der Waals surface area (Å²) in [4.78, 5) is 22.7. The molecule has 2 aromatic carbocycles. The van der Waals surface area contributed by atoms with Gasteiger partial charge in [0, 0.05) is 12.1 Å². The maximum absolute atomic E-state index is 12.8. The average Bonchev–Trinajstić information content (AvgIpc) is 3.27. The summed E-state index contributed by atoms with van der Waals surface area (Å²) in [5.74, 6) is 0.832. The summed E-state index contributed by atoms with van der Waals surface area (Å²) in [6.45, 7) is 0.723. The van der Waals surface area contributed by atoms with Crippen LogP contribution in [0.1, 0.15) is 40.6 Å². The number of fused-ring (bicyclic) bond motifs is 1. The van der Waals surface area contributed by atoms with Crippen LogP contribution in [0.4, 0.5) is 0 Å². The first-order chi connectivity index (χ1) is 11.8. The fraction of sp³-hybridized carbons (Fsp3) is 0.211. The number of aromatic amines is 1. The number of nitriles is 1. The van der Waals surface area contributed by atoms with Gasteiger partial charge in [-0.15, -0.1) is 0 Å². The van der Waals surface area contributed by atoms with E-state index in [1.807, 2.05) is 29.2 Å². The molecule has 5 heteroatoms. The number of carbonyl (C=O) groups is 1. The zero-order chi connectivity index (χ0) is 16.5. The fourth-order valence-corrected chi connectivity index (χ4v) is 3.28. The number of likely N-dealkylation sites (tertiary alicyclic amines) is 1. The van der Waals surface area contributed by atoms with Gasteiger partial charge >= 0.3 is 0 Å². The van der Waals surface area contributed by atoms with E-state index in [-0.39, 0.29) is 11.9 Å². The topological polar surface area (TPSA) is 72.8 Å². The van der Waals surface area contributed by atoms with Gasteiger partial charge < -0.3 is 9.88 Å². The molecule has 1 aliphatic rings. The van der Waals surface area contributed by atoms with Crippen molar-refractivity contribution in [2.75, 3.05) is 6.54 Å². The number of rotatable bonds is 2. The van der Waals surface area contributed by atoms with Gasteiger partial charge in [0.15, 0.2) is 0 Å². The molecule has 0 bridgehead atoms. The summed E-state index contributed by atoms with van der Waals surface area (Å²) < 4.78 is 0. The molecule has 0 saturated carbocycles. The summed E-state index contributed by atoms with van der Waals surface area (Å²) in [6, 6.07) is 16.7. The van der Waals surface area contributed by atoms with Crippen molar-refractivity contribution in [3.05, 3.63) is 65.5 Å². The number of benzene rings is 2. The minimum absolute atomic E-state index is 0.0116. The van der Waals surface area contributed by atoms with Gasteiger partial charge in [-0.3, -0.25) is 4.79 Å². The highest BCUT2D eigenvalue weighted by Crippen LogP contribution is 2.32. The molecule has 1 amide bonds. The van der Waals surface area contributed by atoms with E-state index >= 15 is 0 Å². The van der Waals surface area contributed by atoms with Gasteiger partial charge in [-0.1, -0.05) is 12.1 Å². The van der Waals surface area contributed by atoms with Crippen molar-refractivity contribution in [1.82, 2.24) is 14.9 Å². The van der Waals surface area contributed by atoms with Crippen LogP contribution in [0, 0.1) is 11.3 Å². The van der Waals surface area contributed by atoms with Crippen LogP contribution in [-0.2, 0) is 0 Å². The Balaban J connectivity index is 1.64. The van der Waals surface area contributed by atoms with E-state index in [2.05, 4.69) is 16.0 Å². The summed E-state index contributed by atoms with van der Waals surface area (Å²) in [5, 5.41) is 8.88. The van der Waals surface area contributed by atoms with E-state index in [0.29, 0.717) is 11.1 Å². The molecule has 1 unspecified atom stereocenters. The van der Waals surface area contributed by atoms with Crippen LogP contribution >= 0.6 is 0 Å². The highest BCUT2D eigenvalue weighted by Gasteiger charge is 2.32. The monoisotopic (exact) mass is 316 g/mol. The lowest BCUT2D eigenvalue weighted by atomic mass is 10.1. The molecule has 1 N–H and O–H groups in total. The van der Waals surface area contributed by atoms with Gasteiger partial charge in [-0.25, -0.2) is 4.98 Å². The van der Waals surface area contributed by atoms with Gasteiger partial charge in [0.2, 0.25) is 0 Å². The molecule has 3 aromatic rings.